The molecule has 1 rings (SSSR count). The first-order chi connectivity index (χ1) is 8.45. The van der Waals surface area contributed by atoms with E-state index < -0.39 is 9.85 Å². The number of nitro benzene ring substituents is 2. The topological polar surface area (TPSA) is 86.3 Å². The molecule has 98 valence electrons. The lowest BCUT2D eigenvalue weighted by Gasteiger charge is -2.08. The third kappa shape index (κ3) is 3.76. The molecule has 1 unspecified atom stereocenters. The molecule has 1 aromatic carbocycles. The molecular formula is C11H13BrN2O4. The van der Waals surface area contributed by atoms with E-state index in [-0.39, 0.29) is 16.2 Å². The molecule has 0 amide bonds. The van der Waals surface area contributed by atoms with Gasteiger partial charge in [0.05, 0.1) is 15.9 Å². The van der Waals surface area contributed by atoms with E-state index >= 15 is 0 Å². The number of non-ortho nitro benzene ring substituents is 1. The second kappa shape index (κ2) is 6.44. The summed E-state index contributed by atoms with van der Waals surface area (Å²) >= 11 is 3.45. The average Bonchev–Trinajstić information content (AvgIpc) is 2.29. The van der Waals surface area contributed by atoms with Crippen molar-refractivity contribution in [1.82, 2.24) is 0 Å². The highest BCUT2D eigenvalue weighted by atomic mass is 79.9. The van der Waals surface area contributed by atoms with E-state index in [1.807, 2.05) is 6.92 Å². The Bertz CT molecular complexity index is 464. The molecule has 0 aliphatic carbocycles. The number of halogens is 1. The van der Waals surface area contributed by atoms with Crippen LogP contribution in [0.4, 0.5) is 11.4 Å². The Balaban J connectivity index is 3.04. The summed E-state index contributed by atoms with van der Waals surface area (Å²) < 4.78 is 0. The van der Waals surface area contributed by atoms with Gasteiger partial charge < -0.3 is 0 Å². The molecule has 0 radical (unpaired) electrons. The van der Waals surface area contributed by atoms with Crippen LogP contribution in [0, 0.1) is 20.2 Å². The minimum absolute atomic E-state index is 0.141. The summed E-state index contributed by atoms with van der Waals surface area (Å²) in [6, 6.07) is 3.77. The van der Waals surface area contributed by atoms with Crippen LogP contribution in [0.2, 0.25) is 0 Å². The zero-order valence-corrected chi connectivity index (χ0v) is 11.4. The fourth-order valence-corrected chi connectivity index (χ4v) is 2.47. The summed E-state index contributed by atoms with van der Waals surface area (Å²) in [5, 5.41) is 21.5. The van der Waals surface area contributed by atoms with Gasteiger partial charge >= 0.3 is 0 Å². The molecule has 6 nitrogen and oxygen atoms in total. The van der Waals surface area contributed by atoms with Crippen molar-refractivity contribution in [3.63, 3.8) is 0 Å². The molecule has 0 aliphatic heterocycles. The molecule has 7 heteroatoms. The number of rotatable bonds is 6. The number of hydrogen-bond acceptors (Lipinski definition) is 4. The first-order valence-corrected chi connectivity index (χ1v) is 6.43. The highest BCUT2D eigenvalue weighted by molar-refractivity contribution is 9.09. The lowest BCUT2D eigenvalue weighted by atomic mass is 10.0. The van der Waals surface area contributed by atoms with Crippen LogP contribution in [0.3, 0.4) is 0 Å². The van der Waals surface area contributed by atoms with Crippen LogP contribution in [0.5, 0.6) is 0 Å². The Morgan fingerprint density at radius 1 is 1.28 bits per heavy atom. The Morgan fingerprint density at radius 2 is 1.94 bits per heavy atom. The number of hydrogen-bond donors (Lipinski definition) is 0. The highest BCUT2D eigenvalue weighted by Crippen LogP contribution is 2.27. The van der Waals surface area contributed by atoms with Gasteiger partial charge in [-0.2, -0.15) is 0 Å². The zero-order valence-electron chi connectivity index (χ0n) is 9.84. The van der Waals surface area contributed by atoms with Crippen LogP contribution in [0.1, 0.15) is 25.3 Å². The maximum atomic E-state index is 10.9. The van der Waals surface area contributed by atoms with E-state index in [0.29, 0.717) is 12.0 Å². The fourth-order valence-electron chi connectivity index (χ4n) is 1.66. The van der Waals surface area contributed by atoms with Crippen molar-refractivity contribution in [2.24, 2.45) is 0 Å². The second-order valence-electron chi connectivity index (χ2n) is 3.92. The monoisotopic (exact) mass is 316 g/mol. The van der Waals surface area contributed by atoms with Crippen molar-refractivity contribution >= 4 is 27.3 Å². The summed E-state index contributed by atoms with van der Waals surface area (Å²) in [5.41, 5.74) is 0.0674. The predicted octanol–water partition coefficient (Wildman–Crippen LogP) is 3.61. The van der Waals surface area contributed by atoms with Crippen LogP contribution < -0.4 is 0 Å². The molecule has 1 aromatic rings. The quantitative estimate of drug-likeness (QED) is 0.455. The van der Waals surface area contributed by atoms with E-state index in [2.05, 4.69) is 15.9 Å². The standard InChI is InChI=1S/C11H13BrN2O4/c1-2-3-9(12)6-8-4-5-10(13(15)16)7-11(8)14(17)18/h4-5,7,9H,2-3,6H2,1H3. The Hall–Kier alpha value is -1.50. The van der Waals surface area contributed by atoms with E-state index in [9.17, 15) is 20.2 Å². The largest absolute Gasteiger partial charge is 0.279 e. The SMILES string of the molecule is CCCC(Br)Cc1ccc([N+](=O)[O-])cc1[N+](=O)[O-]. The van der Waals surface area contributed by atoms with Gasteiger partial charge in [-0.25, -0.2) is 0 Å². The first-order valence-electron chi connectivity index (χ1n) is 5.51. The smallest absolute Gasteiger partial charge is 0.258 e. The van der Waals surface area contributed by atoms with Crippen molar-refractivity contribution in [2.75, 3.05) is 0 Å². The van der Waals surface area contributed by atoms with Gasteiger partial charge in [-0.05, 0) is 18.9 Å². The number of benzene rings is 1. The van der Waals surface area contributed by atoms with Crippen molar-refractivity contribution < 1.29 is 9.85 Å². The molecule has 18 heavy (non-hydrogen) atoms. The van der Waals surface area contributed by atoms with Gasteiger partial charge in [-0.15, -0.1) is 0 Å². The molecule has 1 atom stereocenters. The molecule has 0 bridgehead atoms. The Labute approximate surface area is 112 Å². The molecule has 0 spiro atoms. The summed E-state index contributed by atoms with van der Waals surface area (Å²) in [5.74, 6) is 0. The molecular weight excluding hydrogens is 304 g/mol. The Kier molecular flexibility index (Phi) is 5.21. The van der Waals surface area contributed by atoms with Gasteiger partial charge in [-0.1, -0.05) is 29.3 Å². The van der Waals surface area contributed by atoms with E-state index in [1.54, 1.807) is 0 Å². The number of nitro groups is 2. The first kappa shape index (κ1) is 14.6. The van der Waals surface area contributed by atoms with Gasteiger partial charge in [-0.3, -0.25) is 20.2 Å². The van der Waals surface area contributed by atoms with Gasteiger partial charge in [0.15, 0.2) is 0 Å². The zero-order chi connectivity index (χ0) is 13.7. The van der Waals surface area contributed by atoms with Crippen molar-refractivity contribution in [3.05, 3.63) is 44.0 Å². The van der Waals surface area contributed by atoms with Gasteiger partial charge in [0, 0.05) is 16.5 Å². The van der Waals surface area contributed by atoms with E-state index in [1.165, 1.54) is 12.1 Å². The molecule has 0 saturated carbocycles. The molecule has 0 aliphatic rings. The summed E-state index contributed by atoms with van der Waals surface area (Å²) in [6.07, 6.45) is 2.35. The summed E-state index contributed by atoms with van der Waals surface area (Å²) in [4.78, 5) is 20.4. The molecule has 0 heterocycles. The predicted molar refractivity (Wildman–Crippen MR) is 71.1 cm³/mol. The van der Waals surface area contributed by atoms with Gasteiger partial charge in [0.1, 0.15) is 0 Å². The average molecular weight is 317 g/mol. The van der Waals surface area contributed by atoms with Crippen LogP contribution in [0.25, 0.3) is 0 Å². The maximum Gasteiger partial charge on any atom is 0.279 e. The third-order valence-electron chi connectivity index (χ3n) is 2.52. The maximum absolute atomic E-state index is 10.9. The van der Waals surface area contributed by atoms with Gasteiger partial charge in [0.2, 0.25) is 0 Å². The third-order valence-corrected chi connectivity index (χ3v) is 3.30. The van der Waals surface area contributed by atoms with Crippen LogP contribution in [-0.2, 0) is 6.42 Å². The minimum atomic E-state index is -0.631. The Morgan fingerprint density at radius 3 is 2.44 bits per heavy atom. The van der Waals surface area contributed by atoms with Crippen LogP contribution in [-0.4, -0.2) is 14.7 Å². The number of nitrogens with zero attached hydrogens (tertiary/aromatic N) is 2. The summed E-state index contributed by atoms with van der Waals surface area (Å²) in [6.45, 7) is 2.03. The summed E-state index contributed by atoms with van der Waals surface area (Å²) in [7, 11) is 0. The van der Waals surface area contributed by atoms with Crippen molar-refractivity contribution in [3.8, 4) is 0 Å². The number of alkyl halides is 1. The van der Waals surface area contributed by atoms with E-state index in [0.717, 1.165) is 18.9 Å². The van der Waals surface area contributed by atoms with Gasteiger partial charge in [0.25, 0.3) is 11.4 Å². The van der Waals surface area contributed by atoms with Crippen molar-refractivity contribution in [2.45, 2.75) is 31.0 Å². The van der Waals surface area contributed by atoms with Crippen LogP contribution >= 0.6 is 15.9 Å². The lowest BCUT2D eigenvalue weighted by Crippen LogP contribution is -2.05. The molecule has 0 N–H and O–H groups in total. The minimum Gasteiger partial charge on any atom is -0.258 e. The lowest BCUT2D eigenvalue weighted by molar-refractivity contribution is -0.394. The second-order valence-corrected chi connectivity index (χ2v) is 5.21. The highest BCUT2D eigenvalue weighted by Gasteiger charge is 2.20. The van der Waals surface area contributed by atoms with Crippen LogP contribution in [0.15, 0.2) is 18.2 Å². The molecule has 0 fully saturated rings. The normalized spacial score (nSPS) is 12.1. The van der Waals surface area contributed by atoms with Crippen molar-refractivity contribution in [1.29, 1.82) is 0 Å². The molecule has 0 aromatic heterocycles. The molecule has 0 saturated heterocycles. The fraction of sp³-hybridized carbons (Fsp3) is 0.455. The van der Waals surface area contributed by atoms with E-state index in [4.69, 9.17) is 0 Å².